The molecule has 3 atom stereocenters. The Labute approximate surface area is 127 Å². The summed E-state index contributed by atoms with van der Waals surface area (Å²) in [5.74, 6) is 0.597. The Morgan fingerprint density at radius 1 is 1.32 bits per heavy atom. The third-order valence-corrected chi connectivity index (χ3v) is 4.60. The van der Waals surface area contributed by atoms with Crippen LogP contribution in [0.3, 0.4) is 0 Å². The molecule has 1 aliphatic heterocycles. The van der Waals surface area contributed by atoms with Crippen LogP contribution in [0, 0.1) is 16.0 Å². The molecule has 0 spiro atoms. The third-order valence-electron chi connectivity index (χ3n) is 4.60. The Morgan fingerprint density at radius 3 is 3.00 bits per heavy atom. The Hall–Kier alpha value is -2.69. The number of benzene rings is 1. The van der Waals surface area contributed by atoms with Gasteiger partial charge >= 0.3 is 0 Å². The molecule has 0 radical (unpaired) electrons. The number of rotatable bonds is 2. The van der Waals surface area contributed by atoms with Gasteiger partial charge in [-0.25, -0.2) is 0 Å². The van der Waals surface area contributed by atoms with Crippen LogP contribution in [0.4, 0.5) is 11.4 Å². The number of hydrogen-bond donors (Lipinski definition) is 1. The molecule has 5 heteroatoms. The van der Waals surface area contributed by atoms with E-state index < -0.39 is 0 Å². The monoisotopic (exact) mass is 293 g/mol. The van der Waals surface area contributed by atoms with Crippen LogP contribution in [-0.4, -0.2) is 9.91 Å². The SMILES string of the molecule is O=[N+]([O-])c1ccc2c(c1)[C@@H]1C=CC[C@@H]1[C@@H](c1cccnc1)N2. The van der Waals surface area contributed by atoms with Gasteiger partial charge in [-0.2, -0.15) is 0 Å². The highest BCUT2D eigenvalue weighted by atomic mass is 16.6. The first-order valence-electron chi connectivity index (χ1n) is 7.35. The Bertz CT molecular complexity index is 758. The van der Waals surface area contributed by atoms with Gasteiger partial charge in [-0.05, 0) is 35.6 Å². The molecule has 0 fully saturated rings. The fourth-order valence-corrected chi connectivity index (χ4v) is 3.59. The number of nitrogens with one attached hydrogen (secondary N) is 1. The molecule has 1 aromatic carbocycles. The number of nitro benzene ring substituents is 1. The topological polar surface area (TPSA) is 68.1 Å². The van der Waals surface area contributed by atoms with Crippen molar-refractivity contribution in [2.24, 2.45) is 5.92 Å². The first-order valence-corrected chi connectivity index (χ1v) is 7.35. The van der Waals surface area contributed by atoms with Crippen molar-refractivity contribution >= 4 is 11.4 Å². The summed E-state index contributed by atoms with van der Waals surface area (Å²) in [6, 6.07) is 9.29. The summed E-state index contributed by atoms with van der Waals surface area (Å²) in [5.41, 5.74) is 3.31. The summed E-state index contributed by atoms with van der Waals surface area (Å²) in [5, 5.41) is 14.6. The highest BCUT2D eigenvalue weighted by Crippen LogP contribution is 2.50. The lowest BCUT2D eigenvalue weighted by Gasteiger charge is -2.37. The highest BCUT2D eigenvalue weighted by molar-refractivity contribution is 5.62. The lowest BCUT2D eigenvalue weighted by atomic mass is 9.77. The minimum Gasteiger partial charge on any atom is -0.378 e. The molecule has 1 N–H and O–H groups in total. The van der Waals surface area contributed by atoms with Gasteiger partial charge in [0, 0.05) is 36.1 Å². The molecule has 1 aromatic heterocycles. The maximum atomic E-state index is 11.0. The predicted molar refractivity (Wildman–Crippen MR) is 83.7 cm³/mol. The van der Waals surface area contributed by atoms with Crippen molar-refractivity contribution in [2.75, 3.05) is 5.32 Å². The summed E-state index contributed by atoms with van der Waals surface area (Å²) >= 11 is 0. The first-order chi connectivity index (χ1) is 10.7. The molecule has 5 nitrogen and oxygen atoms in total. The third kappa shape index (κ3) is 1.97. The second kappa shape index (κ2) is 4.94. The molecule has 4 rings (SSSR count). The first kappa shape index (κ1) is 13.0. The molecule has 0 saturated carbocycles. The van der Waals surface area contributed by atoms with Gasteiger partial charge in [-0.1, -0.05) is 18.2 Å². The van der Waals surface area contributed by atoms with E-state index in [9.17, 15) is 10.1 Å². The molecule has 0 saturated heterocycles. The predicted octanol–water partition coefficient (Wildman–Crippen LogP) is 3.82. The second-order valence-corrected chi connectivity index (χ2v) is 5.79. The number of allylic oxidation sites excluding steroid dienone is 2. The molecule has 2 heterocycles. The minimum atomic E-state index is -0.332. The normalized spacial score (nSPS) is 25.2. The van der Waals surface area contributed by atoms with Gasteiger partial charge < -0.3 is 5.32 Å². The van der Waals surface area contributed by atoms with Crippen molar-refractivity contribution in [1.82, 2.24) is 4.98 Å². The minimum absolute atomic E-state index is 0.152. The number of anilines is 1. The summed E-state index contributed by atoms with van der Waals surface area (Å²) in [7, 11) is 0. The van der Waals surface area contributed by atoms with E-state index in [1.54, 1.807) is 18.3 Å². The number of non-ortho nitro benzene ring substituents is 1. The van der Waals surface area contributed by atoms with Gasteiger partial charge in [-0.3, -0.25) is 15.1 Å². The van der Waals surface area contributed by atoms with E-state index in [-0.39, 0.29) is 22.6 Å². The maximum absolute atomic E-state index is 11.0. The molecule has 110 valence electrons. The number of hydrogen-bond acceptors (Lipinski definition) is 4. The molecule has 2 aliphatic rings. The maximum Gasteiger partial charge on any atom is 0.269 e. The fourth-order valence-electron chi connectivity index (χ4n) is 3.59. The van der Waals surface area contributed by atoms with E-state index in [4.69, 9.17) is 0 Å². The van der Waals surface area contributed by atoms with E-state index in [0.29, 0.717) is 5.92 Å². The van der Waals surface area contributed by atoms with E-state index in [1.807, 2.05) is 18.3 Å². The van der Waals surface area contributed by atoms with Crippen molar-refractivity contribution in [2.45, 2.75) is 18.4 Å². The van der Waals surface area contributed by atoms with Crippen LogP contribution in [-0.2, 0) is 0 Å². The van der Waals surface area contributed by atoms with Crippen LogP contribution in [0.15, 0.2) is 54.9 Å². The smallest absolute Gasteiger partial charge is 0.269 e. The zero-order chi connectivity index (χ0) is 15.1. The molecular weight excluding hydrogens is 278 g/mol. The van der Waals surface area contributed by atoms with Crippen LogP contribution in [0.25, 0.3) is 0 Å². The molecule has 1 aliphatic carbocycles. The lowest BCUT2D eigenvalue weighted by Crippen LogP contribution is -2.29. The summed E-state index contributed by atoms with van der Waals surface area (Å²) in [6.45, 7) is 0. The molecule has 0 amide bonds. The molecule has 0 unspecified atom stereocenters. The quantitative estimate of drug-likeness (QED) is 0.519. The standard InChI is InChI=1S/C17H15N3O2/c21-20(22)12-6-7-16-15(9-12)13-4-1-5-14(13)17(19-16)11-3-2-8-18-10-11/h1-4,6-10,13-14,17,19H,5H2/t13-,14+,17-/m1/s1. The molecule has 2 aromatic rings. The number of nitrogens with zero attached hydrogens (tertiary/aromatic N) is 2. The van der Waals surface area contributed by atoms with Gasteiger partial charge in [0.25, 0.3) is 5.69 Å². The van der Waals surface area contributed by atoms with E-state index in [1.165, 1.54) is 0 Å². The van der Waals surface area contributed by atoms with Crippen LogP contribution in [0.1, 0.15) is 29.5 Å². The van der Waals surface area contributed by atoms with E-state index in [2.05, 4.69) is 28.5 Å². The largest absolute Gasteiger partial charge is 0.378 e. The lowest BCUT2D eigenvalue weighted by molar-refractivity contribution is -0.384. The highest BCUT2D eigenvalue weighted by Gasteiger charge is 2.38. The van der Waals surface area contributed by atoms with Gasteiger partial charge in [-0.15, -0.1) is 0 Å². The molecule has 0 bridgehead atoms. The number of nitro groups is 1. The Kier molecular flexibility index (Phi) is 2.92. The van der Waals surface area contributed by atoms with Crippen molar-refractivity contribution in [3.63, 3.8) is 0 Å². The van der Waals surface area contributed by atoms with Crippen LogP contribution in [0.5, 0.6) is 0 Å². The van der Waals surface area contributed by atoms with E-state index in [0.717, 1.165) is 23.2 Å². The van der Waals surface area contributed by atoms with Gasteiger partial charge in [0.1, 0.15) is 0 Å². The van der Waals surface area contributed by atoms with Crippen LogP contribution >= 0.6 is 0 Å². The summed E-state index contributed by atoms with van der Waals surface area (Å²) in [4.78, 5) is 14.9. The zero-order valence-electron chi connectivity index (χ0n) is 11.8. The molecular formula is C17H15N3O2. The van der Waals surface area contributed by atoms with Crippen molar-refractivity contribution in [1.29, 1.82) is 0 Å². The van der Waals surface area contributed by atoms with Gasteiger partial charge in [0.15, 0.2) is 0 Å². The van der Waals surface area contributed by atoms with Crippen molar-refractivity contribution in [3.8, 4) is 0 Å². The average Bonchev–Trinajstić information content (AvgIpc) is 3.04. The Morgan fingerprint density at radius 2 is 2.23 bits per heavy atom. The van der Waals surface area contributed by atoms with Crippen molar-refractivity contribution in [3.05, 3.63) is 76.1 Å². The van der Waals surface area contributed by atoms with Gasteiger partial charge in [0.2, 0.25) is 0 Å². The second-order valence-electron chi connectivity index (χ2n) is 5.79. The van der Waals surface area contributed by atoms with Crippen molar-refractivity contribution < 1.29 is 4.92 Å². The number of pyridine rings is 1. The number of fused-ring (bicyclic) bond motifs is 3. The average molecular weight is 293 g/mol. The van der Waals surface area contributed by atoms with E-state index >= 15 is 0 Å². The summed E-state index contributed by atoms with van der Waals surface area (Å²) < 4.78 is 0. The zero-order valence-corrected chi connectivity index (χ0v) is 11.8. The number of aromatic nitrogens is 1. The fraction of sp³-hybridized carbons (Fsp3) is 0.235. The van der Waals surface area contributed by atoms with Gasteiger partial charge in [0.05, 0.1) is 11.0 Å². The summed E-state index contributed by atoms with van der Waals surface area (Å²) in [6.07, 6.45) is 8.99. The molecule has 22 heavy (non-hydrogen) atoms. The van der Waals surface area contributed by atoms with Crippen LogP contribution in [0.2, 0.25) is 0 Å². The van der Waals surface area contributed by atoms with Crippen LogP contribution < -0.4 is 5.32 Å². The Balaban J connectivity index is 1.79.